The SMILES string of the molecule is CCC(C)n1c(SCC(=O)O)nc2cccnc21. The lowest BCUT2D eigenvalue weighted by Crippen LogP contribution is -2.07. The molecule has 1 unspecified atom stereocenters. The lowest BCUT2D eigenvalue weighted by molar-refractivity contribution is -0.133. The van der Waals surface area contributed by atoms with E-state index in [1.807, 2.05) is 16.7 Å². The number of pyridine rings is 1. The summed E-state index contributed by atoms with van der Waals surface area (Å²) >= 11 is 1.24. The molecule has 2 aromatic rings. The zero-order chi connectivity index (χ0) is 13.1. The first-order valence-corrected chi connectivity index (χ1v) is 6.79. The molecule has 0 aromatic carbocycles. The fourth-order valence-corrected chi connectivity index (χ4v) is 2.54. The summed E-state index contributed by atoms with van der Waals surface area (Å²) in [4.78, 5) is 19.5. The number of carboxylic acid groups (broad SMARTS) is 1. The number of carboxylic acids is 1. The second kappa shape index (κ2) is 5.39. The highest BCUT2D eigenvalue weighted by molar-refractivity contribution is 7.99. The molecule has 1 atom stereocenters. The highest BCUT2D eigenvalue weighted by Crippen LogP contribution is 2.27. The third-order valence-electron chi connectivity index (χ3n) is 2.77. The summed E-state index contributed by atoms with van der Waals surface area (Å²) in [5.41, 5.74) is 1.63. The predicted molar refractivity (Wildman–Crippen MR) is 70.9 cm³/mol. The first-order valence-electron chi connectivity index (χ1n) is 5.81. The van der Waals surface area contributed by atoms with Crippen LogP contribution in [0.1, 0.15) is 26.3 Å². The fourth-order valence-electron chi connectivity index (χ4n) is 1.72. The number of aliphatic carboxylic acids is 1. The molecule has 0 aliphatic carbocycles. The molecule has 0 spiro atoms. The number of aromatic nitrogens is 3. The van der Waals surface area contributed by atoms with E-state index in [0.717, 1.165) is 22.7 Å². The minimum Gasteiger partial charge on any atom is -0.481 e. The summed E-state index contributed by atoms with van der Waals surface area (Å²) in [6, 6.07) is 3.98. The Kier molecular flexibility index (Phi) is 3.86. The summed E-state index contributed by atoms with van der Waals surface area (Å²) < 4.78 is 2.02. The molecule has 0 radical (unpaired) electrons. The van der Waals surface area contributed by atoms with Crippen molar-refractivity contribution in [2.45, 2.75) is 31.5 Å². The quantitative estimate of drug-likeness (QED) is 0.841. The van der Waals surface area contributed by atoms with Gasteiger partial charge in [0.15, 0.2) is 10.8 Å². The molecule has 0 aliphatic heterocycles. The Bertz CT molecular complexity index is 567. The largest absolute Gasteiger partial charge is 0.481 e. The van der Waals surface area contributed by atoms with Gasteiger partial charge in [-0.1, -0.05) is 18.7 Å². The van der Waals surface area contributed by atoms with Crippen molar-refractivity contribution in [2.24, 2.45) is 0 Å². The van der Waals surface area contributed by atoms with Gasteiger partial charge < -0.3 is 9.67 Å². The molecule has 0 bridgehead atoms. The molecule has 96 valence electrons. The van der Waals surface area contributed by atoms with E-state index in [9.17, 15) is 4.79 Å². The second-order valence-electron chi connectivity index (χ2n) is 4.05. The highest BCUT2D eigenvalue weighted by Gasteiger charge is 2.16. The van der Waals surface area contributed by atoms with Crippen molar-refractivity contribution >= 4 is 28.9 Å². The standard InChI is InChI=1S/C12H15N3O2S/c1-3-8(2)15-11-9(5-4-6-13-11)14-12(15)18-7-10(16)17/h4-6,8H,3,7H2,1-2H3,(H,16,17). The molecule has 6 heteroatoms. The monoisotopic (exact) mass is 265 g/mol. The van der Waals surface area contributed by atoms with Gasteiger partial charge in [0, 0.05) is 12.2 Å². The van der Waals surface area contributed by atoms with Gasteiger partial charge in [-0.25, -0.2) is 9.97 Å². The van der Waals surface area contributed by atoms with Gasteiger partial charge in [-0.15, -0.1) is 0 Å². The maximum atomic E-state index is 10.7. The predicted octanol–water partition coefficient (Wildman–Crippen LogP) is 2.58. The molecule has 2 rings (SSSR count). The van der Waals surface area contributed by atoms with Crippen molar-refractivity contribution in [1.82, 2.24) is 14.5 Å². The first-order chi connectivity index (χ1) is 8.63. The van der Waals surface area contributed by atoms with Crippen molar-refractivity contribution in [3.8, 4) is 0 Å². The van der Waals surface area contributed by atoms with Crippen LogP contribution in [0, 0.1) is 0 Å². The summed E-state index contributed by atoms with van der Waals surface area (Å²) in [7, 11) is 0. The van der Waals surface area contributed by atoms with E-state index < -0.39 is 5.97 Å². The maximum Gasteiger partial charge on any atom is 0.313 e. The van der Waals surface area contributed by atoms with Crippen LogP contribution in [0.2, 0.25) is 0 Å². The van der Waals surface area contributed by atoms with E-state index >= 15 is 0 Å². The van der Waals surface area contributed by atoms with Crippen LogP contribution >= 0.6 is 11.8 Å². The Morgan fingerprint density at radius 3 is 3.06 bits per heavy atom. The lowest BCUT2D eigenvalue weighted by Gasteiger charge is -2.14. The topological polar surface area (TPSA) is 68.0 Å². The number of carbonyl (C=O) groups is 1. The van der Waals surface area contributed by atoms with Crippen molar-refractivity contribution < 1.29 is 9.90 Å². The van der Waals surface area contributed by atoms with Crippen LogP contribution in [0.4, 0.5) is 0 Å². The first kappa shape index (κ1) is 12.9. The van der Waals surface area contributed by atoms with Crippen molar-refractivity contribution in [2.75, 3.05) is 5.75 Å². The number of hydrogen-bond acceptors (Lipinski definition) is 4. The summed E-state index contributed by atoms with van der Waals surface area (Å²) in [5, 5.41) is 9.49. The fraction of sp³-hybridized carbons (Fsp3) is 0.417. The second-order valence-corrected chi connectivity index (χ2v) is 4.99. The lowest BCUT2D eigenvalue weighted by atomic mass is 10.2. The van der Waals surface area contributed by atoms with Gasteiger partial charge in [-0.2, -0.15) is 0 Å². The molecule has 0 saturated carbocycles. The van der Waals surface area contributed by atoms with Gasteiger partial charge in [-0.3, -0.25) is 4.79 Å². The van der Waals surface area contributed by atoms with Crippen molar-refractivity contribution in [1.29, 1.82) is 0 Å². The zero-order valence-corrected chi connectivity index (χ0v) is 11.1. The highest BCUT2D eigenvalue weighted by atomic mass is 32.2. The number of thioether (sulfide) groups is 1. The van der Waals surface area contributed by atoms with Crippen LogP contribution in [0.25, 0.3) is 11.2 Å². The van der Waals surface area contributed by atoms with Gasteiger partial charge in [-0.05, 0) is 25.5 Å². The third kappa shape index (κ3) is 2.48. The van der Waals surface area contributed by atoms with Crippen molar-refractivity contribution in [3.05, 3.63) is 18.3 Å². The number of fused-ring (bicyclic) bond motifs is 1. The Morgan fingerprint density at radius 2 is 2.39 bits per heavy atom. The number of nitrogens with zero attached hydrogens (tertiary/aromatic N) is 3. The van der Waals surface area contributed by atoms with Gasteiger partial charge in [0.1, 0.15) is 5.52 Å². The van der Waals surface area contributed by atoms with E-state index in [4.69, 9.17) is 5.11 Å². The van der Waals surface area contributed by atoms with Crippen LogP contribution in [0.15, 0.2) is 23.5 Å². The Hall–Kier alpha value is -1.56. The average Bonchev–Trinajstić information content (AvgIpc) is 2.73. The van der Waals surface area contributed by atoms with E-state index in [0.29, 0.717) is 0 Å². The molecule has 0 amide bonds. The van der Waals surface area contributed by atoms with Crippen LogP contribution in [0.5, 0.6) is 0 Å². The molecule has 1 N–H and O–H groups in total. The van der Waals surface area contributed by atoms with E-state index in [1.165, 1.54) is 11.8 Å². The number of hydrogen-bond donors (Lipinski definition) is 1. The molecule has 2 aromatic heterocycles. The normalized spacial score (nSPS) is 12.8. The minimum atomic E-state index is -0.837. The number of imidazole rings is 1. The molecule has 0 saturated heterocycles. The Labute approximate surface area is 109 Å². The summed E-state index contributed by atoms with van der Waals surface area (Å²) in [6.45, 7) is 4.17. The average molecular weight is 265 g/mol. The minimum absolute atomic E-state index is 0.0136. The Morgan fingerprint density at radius 1 is 1.61 bits per heavy atom. The Balaban J connectivity index is 2.46. The van der Waals surface area contributed by atoms with Gasteiger partial charge in [0.25, 0.3) is 0 Å². The number of rotatable bonds is 5. The molecule has 0 fully saturated rings. The molecular weight excluding hydrogens is 250 g/mol. The van der Waals surface area contributed by atoms with Gasteiger partial charge in [0.05, 0.1) is 5.75 Å². The van der Waals surface area contributed by atoms with E-state index in [-0.39, 0.29) is 11.8 Å². The molecule has 0 aliphatic rings. The molecular formula is C12H15N3O2S. The smallest absolute Gasteiger partial charge is 0.313 e. The van der Waals surface area contributed by atoms with Crippen LogP contribution in [0.3, 0.4) is 0 Å². The van der Waals surface area contributed by atoms with Crippen LogP contribution in [-0.4, -0.2) is 31.4 Å². The van der Waals surface area contributed by atoms with Gasteiger partial charge >= 0.3 is 5.97 Å². The summed E-state index contributed by atoms with van der Waals surface area (Å²) in [6.07, 6.45) is 2.68. The van der Waals surface area contributed by atoms with Crippen molar-refractivity contribution in [3.63, 3.8) is 0 Å². The van der Waals surface area contributed by atoms with E-state index in [1.54, 1.807) is 6.20 Å². The molecule has 2 heterocycles. The van der Waals surface area contributed by atoms with Gasteiger partial charge in [0.2, 0.25) is 0 Å². The molecule has 5 nitrogen and oxygen atoms in total. The maximum absolute atomic E-state index is 10.7. The molecule has 18 heavy (non-hydrogen) atoms. The zero-order valence-electron chi connectivity index (χ0n) is 10.3. The van der Waals surface area contributed by atoms with E-state index in [2.05, 4.69) is 23.8 Å². The summed E-state index contributed by atoms with van der Waals surface area (Å²) in [5.74, 6) is -0.824. The van der Waals surface area contributed by atoms with Crippen LogP contribution in [-0.2, 0) is 4.79 Å². The van der Waals surface area contributed by atoms with Crippen LogP contribution < -0.4 is 0 Å². The third-order valence-corrected chi connectivity index (χ3v) is 3.71.